The zero-order valence-electron chi connectivity index (χ0n) is 13.0. The number of carbonyl (C=O) groups excluding carboxylic acids is 1. The Morgan fingerprint density at radius 1 is 1.21 bits per heavy atom. The van der Waals surface area contributed by atoms with Gasteiger partial charge in [-0.25, -0.2) is 0 Å². The molecule has 2 rings (SSSR count). The van der Waals surface area contributed by atoms with Crippen molar-refractivity contribution in [3.63, 3.8) is 0 Å². The maximum atomic E-state index is 11.7. The molecule has 0 bridgehead atoms. The number of rotatable bonds is 8. The molecule has 0 amide bonds. The molecule has 0 saturated heterocycles. The normalized spacial score (nSPS) is 11.7. The number of hydrogen-bond donors (Lipinski definition) is 0. The third kappa shape index (κ3) is 5.56. The van der Waals surface area contributed by atoms with Crippen molar-refractivity contribution in [1.29, 1.82) is 5.26 Å². The number of nitriles is 1. The molecule has 24 heavy (non-hydrogen) atoms. The van der Waals surface area contributed by atoms with Crippen molar-refractivity contribution in [2.24, 2.45) is 0 Å². The lowest BCUT2D eigenvalue weighted by molar-refractivity contribution is -0.117. The quantitative estimate of drug-likeness (QED) is 0.461. The summed E-state index contributed by atoms with van der Waals surface area (Å²) >= 11 is 13.6. The van der Waals surface area contributed by atoms with Crippen LogP contribution in [0.1, 0.15) is 12.0 Å². The van der Waals surface area contributed by atoms with E-state index in [0.29, 0.717) is 5.88 Å². The van der Waals surface area contributed by atoms with Gasteiger partial charge in [0.25, 0.3) is 0 Å². The van der Waals surface area contributed by atoms with Crippen LogP contribution in [-0.2, 0) is 11.2 Å². The van der Waals surface area contributed by atoms with E-state index in [9.17, 15) is 4.79 Å². The topological polar surface area (TPSA) is 40.9 Å². The molecule has 2 aromatic rings. The molecule has 0 fully saturated rings. The van der Waals surface area contributed by atoms with E-state index in [4.69, 9.17) is 28.5 Å². The van der Waals surface area contributed by atoms with Gasteiger partial charge in [-0.2, -0.15) is 5.26 Å². The molecule has 0 heterocycles. The second-order valence-corrected chi connectivity index (χ2v) is 7.30. The average Bonchev–Trinajstić information content (AvgIpc) is 2.60. The summed E-state index contributed by atoms with van der Waals surface area (Å²) in [7, 11) is 0. The number of halogens is 2. The van der Waals surface area contributed by atoms with Gasteiger partial charge in [-0.1, -0.05) is 42.5 Å². The van der Waals surface area contributed by atoms with E-state index in [1.807, 2.05) is 42.5 Å². The lowest BCUT2D eigenvalue weighted by atomic mass is 10.00. The zero-order valence-corrected chi connectivity index (χ0v) is 15.4. The van der Waals surface area contributed by atoms with E-state index in [1.165, 1.54) is 0 Å². The van der Waals surface area contributed by atoms with Crippen LogP contribution in [0, 0.1) is 11.3 Å². The molecule has 0 aromatic heterocycles. The summed E-state index contributed by atoms with van der Waals surface area (Å²) in [5, 5.41) is 8.54. The lowest BCUT2D eigenvalue weighted by Gasteiger charge is -2.12. The minimum atomic E-state index is -0.0698. The third-order valence-electron chi connectivity index (χ3n) is 3.39. The van der Waals surface area contributed by atoms with Crippen molar-refractivity contribution in [2.45, 2.75) is 23.1 Å². The number of carbonyl (C=O) groups is 1. The average molecular weight is 378 g/mol. The molecule has 0 radical (unpaired) electrons. The smallest absolute Gasteiger partial charge is 0.151 e. The first-order valence-electron chi connectivity index (χ1n) is 7.54. The largest absolute Gasteiger partial charge is 0.298 e. The van der Waals surface area contributed by atoms with Crippen molar-refractivity contribution in [2.75, 3.05) is 11.6 Å². The van der Waals surface area contributed by atoms with Crippen LogP contribution in [0.5, 0.6) is 0 Å². The first kappa shape index (κ1) is 18.9. The molecular weight excluding hydrogens is 361 g/mol. The molecule has 0 aliphatic carbocycles. The molecule has 0 aliphatic heterocycles. The Hall–Kier alpha value is -1.47. The molecule has 124 valence electrons. The van der Waals surface area contributed by atoms with Gasteiger partial charge in [-0.3, -0.25) is 4.79 Å². The highest BCUT2D eigenvalue weighted by Crippen LogP contribution is 2.32. The number of alkyl halides is 2. The SMILES string of the molecule is N#CCC(=O)Cc1cccc(-c2ccccc2SCC(Cl)CCl)c1. The summed E-state index contributed by atoms with van der Waals surface area (Å²) in [6, 6.07) is 17.9. The van der Waals surface area contributed by atoms with Crippen LogP contribution in [0.4, 0.5) is 0 Å². The van der Waals surface area contributed by atoms with Crippen molar-refractivity contribution < 1.29 is 4.79 Å². The maximum Gasteiger partial charge on any atom is 0.151 e. The molecule has 5 heteroatoms. The molecule has 1 unspecified atom stereocenters. The molecule has 1 atom stereocenters. The fourth-order valence-electron chi connectivity index (χ4n) is 2.28. The molecule has 0 N–H and O–H groups in total. The summed E-state index contributed by atoms with van der Waals surface area (Å²) in [6.07, 6.45) is 0.235. The Labute approximate surface area is 156 Å². The van der Waals surface area contributed by atoms with Gasteiger partial charge in [-0.15, -0.1) is 35.0 Å². The molecule has 0 aliphatic rings. The molecular formula is C19H17Cl2NOS. The highest BCUT2D eigenvalue weighted by Gasteiger charge is 2.10. The minimum Gasteiger partial charge on any atom is -0.298 e. The fraction of sp³-hybridized carbons (Fsp3) is 0.263. The predicted octanol–water partition coefficient (Wildman–Crippen LogP) is 5.32. The van der Waals surface area contributed by atoms with Crippen molar-refractivity contribution in [3.05, 3.63) is 54.1 Å². The lowest BCUT2D eigenvalue weighted by Crippen LogP contribution is -2.03. The van der Waals surface area contributed by atoms with Gasteiger partial charge in [-0.05, 0) is 22.8 Å². The molecule has 2 nitrogen and oxygen atoms in total. The number of benzene rings is 2. The van der Waals surface area contributed by atoms with Crippen molar-refractivity contribution in [3.8, 4) is 17.2 Å². The van der Waals surface area contributed by atoms with Gasteiger partial charge in [0.15, 0.2) is 5.78 Å². The fourth-order valence-corrected chi connectivity index (χ4v) is 3.70. The number of hydrogen-bond acceptors (Lipinski definition) is 3. The second-order valence-electron chi connectivity index (χ2n) is 5.31. The van der Waals surface area contributed by atoms with Crippen LogP contribution in [-0.4, -0.2) is 22.8 Å². The van der Waals surface area contributed by atoms with E-state index >= 15 is 0 Å². The van der Waals surface area contributed by atoms with Gasteiger partial charge in [0.1, 0.15) is 0 Å². The van der Waals surface area contributed by atoms with Crippen LogP contribution in [0.2, 0.25) is 0 Å². The summed E-state index contributed by atoms with van der Waals surface area (Å²) in [4.78, 5) is 12.8. The number of Topliss-reactive ketones (excluding diaryl/α,β-unsaturated/α-hetero) is 1. The van der Waals surface area contributed by atoms with Gasteiger partial charge >= 0.3 is 0 Å². The standard InChI is InChI=1S/C19H17Cl2NOS/c20-12-16(21)13-24-19-7-2-1-6-18(19)15-5-3-4-14(10-15)11-17(23)8-9-22/h1-7,10,16H,8,11-13H2. The van der Waals surface area contributed by atoms with Crippen LogP contribution in [0.3, 0.4) is 0 Å². The number of thioether (sulfide) groups is 1. The molecule has 0 saturated carbocycles. The van der Waals surface area contributed by atoms with Gasteiger partial charge < -0.3 is 0 Å². The van der Waals surface area contributed by atoms with Crippen LogP contribution in [0.25, 0.3) is 11.1 Å². The number of nitrogens with zero attached hydrogens (tertiary/aromatic N) is 1. The van der Waals surface area contributed by atoms with Gasteiger partial charge in [0, 0.05) is 22.9 Å². The second kappa shape index (κ2) is 9.74. The summed E-state index contributed by atoms with van der Waals surface area (Å²) in [6.45, 7) is 0. The van der Waals surface area contributed by atoms with Crippen LogP contribution < -0.4 is 0 Å². The third-order valence-corrected chi connectivity index (χ3v) is 5.65. The molecule has 0 spiro atoms. The Balaban J connectivity index is 2.22. The van der Waals surface area contributed by atoms with Crippen LogP contribution in [0.15, 0.2) is 53.4 Å². The zero-order chi connectivity index (χ0) is 17.4. The monoisotopic (exact) mass is 377 g/mol. The van der Waals surface area contributed by atoms with Crippen molar-refractivity contribution in [1.82, 2.24) is 0 Å². The predicted molar refractivity (Wildman–Crippen MR) is 102 cm³/mol. The summed E-state index contributed by atoms with van der Waals surface area (Å²) in [5.41, 5.74) is 3.08. The van der Waals surface area contributed by atoms with E-state index in [0.717, 1.165) is 27.3 Å². The van der Waals surface area contributed by atoms with Gasteiger partial charge in [0.2, 0.25) is 0 Å². The van der Waals surface area contributed by atoms with Crippen molar-refractivity contribution >= 4 is 40.7 Å². The first-order valence-corrected chi connectivity index (χ1v) is 9.49. The Morgan fingerprint density at radius 2 is 2.00 bits per heavy atom. The Kier molecular flexibility index (Phi) is 7.65. The summed E-state index contributed by atoms with van der Waals surface area (Å²) in [5.74, 6) is 1.10. The minimum absolute atomic E-state index is 0.0494. The Bertz CT molecular complexity index is 742. The van der Waals surface area contributed by atoms with Crippen LogP contribution >= 0.6 is 35.0 Å². The molecule has 2 aromatic carbocycles. The van der Waals surface area contributed by atoms with E-state index in [1.54, 1.807) is 11.8 Å². The van der Waals surface area contributed by atoms with E-state index < -0.39 is 0 Å². The van der Waals surface area contributed by atoms with E-state index in [2.05, 4.69) is 12.1 Å². The highest BCUT2D eigenvalue weighted by molar-refractivity contribution is 7.99. The van der Waals surface area contributed by atoms with E-state index in [-0.39, 0.29) is 24.0 Å². The maximum absolute atomic E-state index is 11.7. The first-order chi connectivity index (χ1) is 11.6. The van der Waals surface area contributed by atoms with Gasteiger partial charge in [0.05, 0.1) is 17.9 Å². The Morgan fingerprint density at radius 3 is 2.75 bits per heavy atom. The summed E-state index contributed by atoms with van der Waals surface area (Å²) < 4.78 is 0. The number of ketones is 1. The highest BCUT2D eigenvalue weighted by atomic mass is 35.5.